The van der Waals surface area contributed by atoms with Crippen LogP contribution in [0.1, 0.15) is 24.8 Å². The lowest BCUT2D eigenvalue weighted by Crippen LogP contribution is -2.43. The molecule has 0 radical (unpaired) electrons. The van der Waals surface area contributed by atoms with E-state index in [1.807, 2.05) is 6.07 Å². The molecule has 2 saturated heterocycles. The molecule has 0 aliphatic carbocycles. The second-order valence-electron chi connectivity index (χ2n) is 9.27. The Morgan fingerprint density at radius 3 is 2.62 bits per heavy atom. The van der Waals surface area contributed by atoms with Crippen LogP contribution in [-0.2, 0) is 4.79 Å². The molecule has 0 bridgehead atoms. The number of fused-ring (bicyclic) bond motifs is 1. The maximum atomic E-state index is 14.6. The lowest BCUT2D eigenvalue weighted by atomic mass is 9.77. The molecule has 9 heteroatoms. The first kappa shape index (κ1) is 22.3. The van der Waals surface area contributed by atoms with Crippen molar-refractivity contribution in [3.63, 3.8) is 0 Å². The molecule has 0 saturated carbocycles. The summed E-state index contributed by atoms with van der Waals surface area (Å²) < 4.78 is 20.3. The number of nitrogens with zero attached hydrogens (tertiary/aromatic N) is 4. The molecule has 2 aliphatic rings. The highest BCUT2D eigenvalue weighted by atomic mass is 19.1. The van der Waals surface area contributed by atoms with Crippen LogP contribution in [0.2, 0.25) is 0 Å². The molecule has 2 fully saturated rings. The van der Waals surface area contributed by atoms with Gasteiger partial charge in [-0.2, -0.15) is 0 Å². The van der Waals surface area contributed by atoms with Gasteiger partial charge in [0.1, 0.15) is 17.9 Å². The van der Waals surface area contributed by atoms with Gasteiger partial charge >= 0.3 is 0 Å². The van der Waals surface area contributed by atoms with E-state index in [-0.39, 0.29) is 17.0 Å². The van der Waals surface area contributed by atoms with Crippen LogP contribution in [0, 0.1) is 18.2 Å². The first-order valence-corrected chi connectivity index (χ1v) is 11.4. The van der Waals surface area contributed by atoms with Gasteiger partial charge in [-0.05, 0) is 64.0 Å². The molecule has 0 atom stereocenters. The van der Waals surface area contributed by atoms with Gasteiger partial charge in [-0.1, -0.05) is 6.07 Å². The average molecular weight is 466 g/mol. The van der Waals surface area contributed by atoms with Crippen LogP contribution in [0.3, 0.4) is 0 Å². The van der Waals surface area contributed by atoms with Gasteiger partial charge in [-0.15, -0.1) is 0 Å². The Balaban J connectivity index is 1.55. The van der Waals surface area contributed by atoms with Gasteiger partial charge in [0.05, 0.1) is 29.4 Å². The number of ether oxygens (including phenoxy) is 1. The number of likely N-dealkylation sites (tertiary alicyclic amines) is 1. The van der Waals surface area contributed by atoms with Gasteiger partial charge in [0.2, 0.25) is 5.91 Å². The van der Waals surface area contributed by atoms with Crippen LogP contribution in [0.15, 0.2) is 30.6 Å². The third kappa shape index (κ3) is 3.60. The molecular formula is C25H28FN5O3. The molecule has 1 amide bonds. The number of carbonyl (C=O) groups is 1. The number of anilines is 3. The zero-order chi connectivity index (χ0) is 24.0. The highest BCUT2D eigenvalue weighted by molar-refractivity contribution is 6.04. The number of aryl methyl sites for hydroxylation is 1. The number of phenolic OH excluding ortho intramolecular Hbond substituents is 1. The third-order valence-corrected chi connectivity index (χ3v) is 7.25. The van der Waals surface area contributed by atoms with Crippen molar-refractivity contribution in [1.29, 1.82) is 0 Å². The van der Waals surface area contributed by atoms with Gasteiger partial charge in [0.25, 0.3) is 0 Å². The number of nitrogens with one attached hydrogen (secondary N) is 1. The maximum Gasteiger partial charge on any atom is 0.233 e. The zero-order valence-corrected chi connectivity index (χ0v) is 19.6. The number of hydrogen-bond acceptors (Lipinski definition) is 7. The Labute approximate surface area is 197 Å². The summed E-state index contributed by atoms with van der Waals surface area (Å²) in [6, 6.07) is 6.78. The highest BCUT2D eigenvalue weighted by Gasteiger charge is 2.48. The number of piperidine rings is 1. The lowest BCUT2D eigenvalue weighted by molar-refractivity contribution is -0.127. The summed E-state index contributed by atoms with van der Waals surface area (Å²) in [7, 11) is 3.66. The molecular weight excluding hydrogens is 437 g/mol. The molecule has 2 aromatic carbocycles. The average Bonchev–Trinajstić information content (AvgIpc) is 3.16. The summed E-state index contributed by atoms with van der Waals surface area (Å²) in [4.78, 5) is 26.3. The molecule has 3 heterocycles. The lowest BCUT2D eigenvalue weighted by Gasteiger charge is -2.36. The van der Waals surface area contributed by atoms with Gasteiger partial charge in [-0.3, -0.25) is 4.79 Å². The summed E-state index contributed by atoms with van der Waals surface area (Å²) in [5, 5.41) is 13.6. The number of phenols is 1. The molecule has 1 aromatic heterocycles. The van der Waals surface area contributed by atoms with Crippen molar-refractivity contribution >= 4 is 34.0 Å². The fourth-order valence-electron chi connectivity index (χ4n) is 4.99. The van der Waals surface area contributed by atoms with Crippen molar-refractivity contribution in [2.75, 3.05) is 44.0 Å². The Kier molecular flexibility index (Phi) is 5.51. The van der Waals surface area contributed by atoms with E-state index >= 15 is 0 Å². The van der Waals surface area contributed by atoms with Crippen LogP contribution in [0.25, 0.3) is 10.9 Å². The number of hydrogen-bond donors (Lipinski definition) is 2. The standard InChI is InChI=1S/C25H28FN5O3/c1-15-4-5-17(21(26)22(15)32)29-23-16-12-19(20(34-3)13-18(16)27-14-28-23)31-11-8-25(24(31)33)6-9-30(2)10-7-25/h4-5,12-14,32H,6-11H2,1-3H3,(H,27,28,29). The van der Waals surface area contributed by atoms with E-state index in [0.29, 0.717) is 40.3 Å². The second kappa shape index (κ2) is 8.39. The topological polar surface area (TPSA) is 90.8 Å². The minimum Gasteiger partial charge on any atom is -0.505 e. The largest absolute Gasteiger partial charge is 0.505 e. The van der Waals surface area contributed by atoms with Crippen LogP contribution < -0.4 is 15.0 Å². The fraction of sp³-hybridized carbons (Fsp3) is 0.400. The molecule has 0 unspecified atom stereocenters. The minimum atomic E-state index is -0.751. The molecule has 178 valence electrons. The van der Waals surface area contributed by atoms with E-state index in [1.54, 1.807) is 37.1 Å². The molecule has 2 N–H and O–H groups in total. The van der Waals surface area contributed by atoms with Crippen molar-refractivity contribution in [3.8, 4) is 11.5 Å². The molecule has 5 rings (SSSR count). The van der Waals surface area contributed by atoms with E-state index < -0.39 is 11.6 Å². The number of carbonyl (C=O) groups excluding carboxylic acids is 1. The van der Waals surface area contributed by atoms with Gasteiger partial charge in [0.15, 0.2) is 11.6 Å². The number of rotatable bonds is 4. The fourth-order valence-corrected chi connectivity index (χ4v) is 4.99. The predicted molar refractivity (Wildman–Crippen MR) is 128 cm³/mol. The van der Waals surface area contributed by atoms with Crippen molar-refractivity contribution in [1.82, 2.24) is 14.9 Å². The summed E-state index contributed by atoms with van der Waals surface area (Å²) in [5.41, 5.74) is 1.46. The number of benzene rings is 2. The normalized spacial score (nSPS) is 18.1. The van der Waals surface area contributed by atoms with E-state index in [9.17, 15) is 14.3 Å². The highest BCUT2D eigenvalue weighted by Crippen LogP contribution is 2.46. The molecule has 3 aromatic rings. The molecule has 2 aliphatic heterocycles. The summed E-state index contributed by atoms with van der Waals surface area (Å²) in [5.74, 6) is -0.110. The molecule has 1 spiro atoms. The van der Waals surface area contributed by atoms with Crippen molar-refractivity contribution in [2.45, 2.75) is 26.2 Å². The van der Waals surface area contributed by atoms with Gasteiger partial charge < -0.3 is 25.0 Å². The van der Waals surface area contributed by atoms with E-state index in [0.717, 1.165) is 32.4 Å². The predicted octanol–water partition coefficient (Wildman–Crippen LogP) is 3.98. The van der Waals surface area contributed by atoms with Crippen LogP contribution in [0.5, 0.6) is 11.5 Å². The number of aromatic hydroxyl groups is 1. The maximum absolute atomic E-state index is 14.6. The summed E-state index contributed by atoms with van der Waals surface area (Å²) >= 11 is 0. The smallest absolute Gasteiger partial charge is 0.233 e. The Hall–Kier alpha value is -3.46. The molecule has 34 heavy (non-hydrogen) atoms. The summed E-state index contributed by atoms with van der Waals surface area (Å²) in [6.07, 6.45) is 3.89. The number of aromatic nitrogens is 2. The quantitative estimate of drug-likeness (QED) is 0.602. The first-order chi connectivity index (χ1) is 16.3. The monoisotopic (exact) mass is 465 g/mol. The van der Waals surface area contributed by atoms with Crippen molar-refractivity contribution in [3.05, 3.63) is 42.0 Å². The van der Waals surface area contributed by atoms with E-state index in [4.69, 9.17) is 4.74 Å². The molecule has 8 nitrogen and oxygen atoms in total. The second-order valence-corrected chi connectivity index (χ2v) is 9.27. The Morgan fingerprint density at radius 1 is 1.15 bits per heavy atom. The Bertz CT molecular complexity index is 1270. The third-order valence-electron chi connectivity index (χ3n) is 7.25. The number of methoxy groups -OCH3 is 1. The minimum absolute atomic E-state index is 0.1000. The van der Waals surface area contributed by atoms with Gasteiger partial charge in [0, 0.05) is 18.0 Å². The van der Waals surface area contributed by atoms with Crippen molar-refractivity contribution in [2.24, 2.45) is 5.41 Å². The zero-order valence-electron chi connectivity index (χ0n) is 19.6. The SMILES string of the molecule is COc1cc2ncnc(Nc3ccc(C)c(O)c3F)c2cc1N1CCC2(CCN(C)CC2)C1=O. The van der Waals surface area contributed by atoms with Crippen LogP contribution in [-0.4, -0.2) is 59.7 Å². The summed E-state index contributed by atoms with van der Waals surface area (Å²) in [6.45, 7) is 4.06. The number of amides is 1. The van der Waals surface area contributed by atoms with E-state index in [2.05, 4.69) is 27.2 Å². The first-order valence-electron chi connectivity index (χ1n) is 11.4. The number of halogens is 1. The Morgan fingerprint density at radius 2 is 1.88 bits per heavy atom. The van der Waals surface area contributed by atoms with E-state index in [1.165, 1.54) is 6.33 Å². The van der Waals surface area contributed by atoms with Crippen LogP contribution in [0.4, 0.5) is 21.6 Å². The van der Waals surface area contributed by atoms with Gasteiger partial charge in [-0.25, -0.2) is 14.4 Å². The van der Waals surface area contributed by atoms with Crippen molar-refractivity contribution < 1.29 is 19.0 Å². The van der Waals surface area contributed by atoms with Crippen LogP contribution >= 0.6 is 0 Å².